The van der Waals surface area contributed by atoms with E-state index in [0.29, 0.717) is 6.61 Å². The van der Waals surface area contributed by atoms with Crippen molar-refractivity contribution < 1.29 is 43.0 Å². The van der Waals surface area contributed by atoms with E-state index in [4.69, 9.17) is 23.6 Å². The Balaban J connectivity index is 4.20. The smallest absolute Gasteiger partial charge is 0.457 e. The number of unbranched alkanes of at least 4 members (excludes halogenated alkanes) is 21. The van der Waals surface area contributed by atoms with E-state index in [1.807, 2.05) is 0 Å². The third-order valence-corrected chi connectivity index (χ3v) is 9.59. The SMILES string of the molecule is CCCCCC/C=C\C/C=C\CCCCCCCCOCC(COP(=O)(O)OCC(O)CO)OC(=O)CCCCCCCCCCCCCC. The Morgan fingerprint density at radius 1 is 0.620 bits per heavy atom. The highest BCUT2D eigenvalue weighted by Gasteiger charge is 2.26. The number of phosphoric ester groups is 1. The van der Waals surface area contributed by atoms with E-state index in [-0.39, 0.29) is 25.6 Å². The highest BCUT2D eigenvalue weighted by molar-refractivity contribution is 7.47. The summed E-state index contributed by atoms with van der Waals surface area (Å²) in [5.41, 5.74) is 0. The number of ether oxygens (including phenoxy) is 2. The summed E-state index contributed by atoms with van der Waals surface area (Å²) in [5.74, 6) is -0.386. The van der Waals surface area contributed by atoms with Gasteiger partial charge in [-0.05, 0) is 44.9 Å². The number of allylic oxidation sites excluding steroid dienone is 4. The fourth-order valence-corrected chi connectivity index (χ4v) is 6.29. The Hall–Kier alpha value is -1.06. The minimum Gasteiger partial charge on any atom is -0.457 e. The third-order valence-electron chi connectivity index (χ3n) is 8.64. The monoisotopic (exact) mass is 733 g/mol. The van der Waals surface area contributed by atoms with Crippen LogP contribution in [0.25, 0.3) is 0 Å². The molecule has 296 valence electrons. The fourth-order valence-electron chi connectivity index (χ4n) is 5.50. The van der Waals surface area contributed by atoms with E-state index in [1.165, 1.54) is 109 Å². The van der Waals surface area contributed by atoms with Gasteiger partial charge in [0.2, 0.25) is 0 Å². The molecule has 3 unspecified atom stereocenters. The lowest BCUT2D eigenvalue weighted by atomic mass is 10.0. The molecule has 0 aromatic carbocycles. The van der Waals surface area contributed by atoms with Gasteiger partial charge in [-0.3, -0.25) is 13.8 Å². The molecule has 0 aliphatic rings. The predicted octanol–water partition coefficient (Wildman–Crippen LogP) is 10.7. The van der Waals surface area contributed by atoms with Gasteiger partial charge in [0.25, 0.3) is 0 Å². The molecule has 0 radical (unpaired) electrons. The summed E-state index contributed by atoms with van der Waals surface area (Å²) in [5, 5.41) is 18.3. The van der Waals surface area contributed by atoms with Crippen LogP contribution in [-0.4, -0.2) is 66.3 Å². The summed E-state index contributed by atoms with van der Waals surface area (Å²) >= 11 is 0. The van der Waals surface area contributed by atoms with Crippen LogP contribution in [-0.2, 0) is 27.9 Å². The van der Waals surface area contributed by atoms with Crippen LogP contribution in [0, 0.1) is 0 Å². The quantitative estimate of drug-likeness (QED) is 0.0244. The maximum atomic E-state index is 12.6. The summed E-state index contributed by atoms with van der Waals surface area (Å²) in [6.45, 7) is 3.48. The van der Waals surface area contributed by atoms with Crippen LogP contribution in [0.2, 0.25) is 0 Å². The predicted molar refractivity (Wildman–Crippen MR) is 205 cm³/mol. The molecule has 0 fully saturated rings. The molecule has 0 rings (SSSR count). The number of rotatable bonds is 39. The molecule has 0 aromatic heterocycles. The molecule has 10 heteroatoms. The van der Waals surface area contributed by atoms with Crippen LogP contribution >= 0.6 is 7.82 Å². The third kappa shape index (κ3) is 36.7. The number of esters is 1. The first-order valence-corrected chi connectivity index (χ1v) is 21.8. The average molecular weight is 733 g/mol. The van der Waals surface area contributed by atoms with Crippen LogP contribution < -0.4 is 0 Å². The van der Waals surface area contributed by atoms with Crippen LogP contribution in [0.4, 0.5) is 0 Å². The van der Waals surface area contributed by atoms with Crippen molar-refractivity contribution in [3.05, 3.63) is 24.3 Å². The first kappa shape index (κ1) is 48.9. The standard InChI is InChI=1S/C40H77O9P/c1-3-5-7-9-11-13-15-17-18-19-20-21-23-25-27-29-31-33-46-36-39(37-48-50(44,45)47-35-38(42)34-41)49-40(43)32-30-28-26-24-22-16-14-12-10-8-6-4-2/h13,15,18-19,38-39,41-42H,3-12,14,16-17,20-37H2,1-2H3,(H,44,45)/b15-13-,19-18-. The van der Waals surface area contributed by atoms with Gasteiger partial charge in [-0.2, -0.15) is 0 Å². The number of hydrogen-bond acceptors (Lipinski definition) is 8. The Bertz CT molecular complexity index is 836. The number of hydrogen-bond donors (Lipinski definition) is 3. The summed E-state index contributed by atoms with van der Waals surface area (Å²) < 4.78 is 33.3. The second-order valence-corrected chi connectivity index (χ2v) is 15.1. The van der Waals surface area contributed by atoms with Crippen LogP contribution in [0.15, 0.2) is 24.3 Å². The Labute approximate surface area is 306 Å². The molecule has 0 amide bonds. The second-order valence-electron chi connectivity index (χ2n) is 13.7. The van der Waals surface area contributed by atoms with Gasteiger partial charge >= 0.3 is 13.8 Å². The second kappa shape index (κ2) is 37.7. The molecule has 0 saturated heterocycles. The largest absolute Gasteiger partial charge is 0.472 e. The van der Waals surface area contributed by atoms with Crippen molar-refractivity contribution >= 4 is 13.8 Å². The molecular formula is C40H77O9P. The zero-order valence-corrected chi connectivity index (χ0v) is 33.0. The first-order chi connectivity index (χ1) is 24.3. The van der Waals surface area contributed by atoms with Crippen molar-refractivity contribution in [2.45, 2.75) is 193 Å². The number of aliphatic hydroxyl groups is 2. The van der Waals surface area contributed by atoms with E-state index < -0.39 is 33.2 Å². The lowest BCUT2D eigenvalue weighted by Crippen LogP contribution is -2.29. The Kier molecular flexibility index (Phi) is 36.9. The highest BCUT2D eigenvalue weighted by atomic mass is 31.2. The molecule has 0 aliphatic heterocycles. The number of phosphoric acid groups is 1. The molecule has 0 spiro atoms. The van der Waals surface area contributed by atoms with E-state index in [2.05, 4.69) is 38.2 Å². The number of carbonyl (C=O) groups is 1. The van der Waals surface area contributed by atoms with Crippen molar-refractivity contribution in [2.75, 3.05) is 33.0 Å². The molecule has 0 saturated carbocycles. The minimum atomic E-state index is -4.51. The Morgan fingerprint density at radius 2 is 1.08 bits per heavy atom. The Morgan fingerprint density at radius 3 is 1.62 bits per heavy atom. The molecular weight excluding hydrogens is 655 g/mol. The lowest BCUT2D eigenvalue weighted by Gasteiger charge is -2.20. The minimum absolute atomic E-state index is 0.0455. The fraction of sp³-hybridized carbons (Fsp3) is 0.875. The average Bonchev–Trinajstić information content (AvgIpc) is 3.10. The first-order valence-electron chi connectivity index (χ1n) is 20.3. The summed E-state index contributed by atoms with van der Waals surface area (Å²) in [6, 6.07) is 0. The van der Waals surface area contributed by atoms with Crippen molar-refractivity contribution in [1.82, 2.24) is 0 Å². The van der Waals surface area contributed by atoms with Gasteiger partial charge in [-0.15, -0.1) is 0 Å². The molecule has 0 heterocycles. The maximum Gasteiger partial charge on any atom is 0.472 e. The van der Waals surface area contributed by atoms with Gasteiger partial charge < -0.3 is 24.6 Å². The molecule has 9 nitrogen and oxygen atoms in total. The van der Waals surface area contributed by atoms with Gasteiger partial charge in [-0.1, -0.05) is 154 Å². The zero-order valence-electron chi connectivity index (χ0n) is 32.1. The van der Waals surface area contributed by atoms with Crippen LogP contribution in [0.5, 0.6) is 0 Å². The van der Waals surface area contributed by atoms with Crippen LogP contribution in [0.3, 0.4) is 0 Å². The van der Waals surface area contributed by atoms with Crippen molar-refractivity contribution in [2.24, 2.45) is 0 Å². The van der Waals surface area contributed by atoms with Gasteiger partial charge in [0.15, 0.2) is 0 Å². The molecule has 0 bridgehead atoms. The molecule has 3 N–H and O–H groups in total. The van der Waals surface area contributed by atoms with Gasteiger partial charge in [-0.25, -0.2) is 4.57 Å². The number of carbonyl (C=O) groups excluding carboxylic acids is 1. The van der Waals surface area contributed by atoms with E-state index in [1.54, 1.807) is 0 Å². The zero-order chi connectivity index (χ0) is 36.8. The number of aliphatic hydroxyl groups excluding tert-OH is 2. The topological polar surface area (TPSA) is 132 Å². The van der Waals surface area contributed by atoms with E-state index in [0.717, 1.165) is 51.4 Å². The van der Waals surface area contributed by atoms with Crippen molar-refractivity contribution in [3.63, 3.8) is 0 Å². The molecule has 50 heavy (non-hydrogen) atoms. The molecule has 0 aliphatic carbocycles. The van der Waals surface area contributed by atoms with Crippen LogP contribution in [0.1, 0.15) is 181 Å². The molecule has 3 atom stereocenters. The summed E-state index contributed by atoms with van der Waals surface area (Å²) in [6.07, 6.45) is 37.0. The van der Waals surface area contributed by atoms with Gasteiger partial charge in [0, 0.05) is 13.0 Å². The van der Waals surface area contributed by atoms with Gasteiger partial charge in [0.1, 0.15) is 12.2 Å². The van der Waals surface area contributed by atoms with E-state index >= 15 is 0 Å². The maximum absolute atomic E-state index is 12.6. The van der Waals surface area contributed by atoms with Crippen molar-refractivity contribution in [1.29, 1.82) is 0 Å². The van der Waals surface area contributed by atoms with Crippen molar-refractivity contribution in [3.8, 4) is 0 Å². The van der Waals surface area contributed by atoms with Gasteiger partial charge in [0.05, 0.1) is 26.4 Å². The molecule has 0 aromatic rings. The lowest BCUT2D eigenvalue weighted by molar-refractivity contribution is -0.154. The van der Waals surface area contributed by atoms with E-state index in [9.17, 15) is 19.4 Å². The summed E-state index contributed by atoms with van der Waals surface area (Å²) in [7, 11) is -4.51. The highest BCUT2D eigenvalue weighted by Crippen LogP contribution is 2.43. The summed E-state index contributed by atoms with van der Waals surface area (Å²) in [4.78, 5) is 22.5. The normalized spacial score (nSPS) is 14.4.